The summed E-state index contributed by atoms with van der Waals surface area (Å²) >= 11 is 2.97. The van der Waals surface area contributed by atoms with E-state index in [1.807, 2.05) is 0 Å². The fraction of sp³-hybridized carbons (Fsp3) is 0. The molecule has 0 saturated heterocycles. The molecule has 0 aromatic heterocycles. The predicted octanol–water partition coefficient (Wildman–Crippen LogP) is 2.17. The summed E-state index contributed by atoms with van der Waals surface area (Å²) in [5.74, 6) is -1.07. The summed E-state index contributed by atoms with van der Waals surface area (Å²) in [6, 6.07) is 3.93. The average molecular weight is 216 g/mol. The summed E-state index contributed by atoms with van der Waals surface area (Å²) in [6.45, 7) is 0. The third-order valence-corrected chi connectivity index (χ3v) is 1.60. The third-order valence-electron chi connectivity index (χ3n) is 1.15. The number of nitriles is 1. The van der Waals surface area contributed by atoms with E-state index in [1.165, 1.54) is 6.07 Å². The van der Waals surface area contributed by atoms with E-state index in [2.05, 4.69) is 15.9 Å². The Morgan fingerprint density at radius 2 is 2.18 bits per heavy atom. The molecule has 1 rings (SSSR count). The van der Waals surface area contributed by atoms with Gasteiger partial charge in [0, 0.05) is 4.47 Å². The molecular formula is C7H3BrFNO. The highest BCUT2D eigenvalue weighted by atomic mass is 79.9. The number of phenols is 1. The molecule has 0 heterocycles. The number of phenolic OH excluding ortho intramolecular Hbond substituents is 1. The molecule has 0 unspecified atom stereocenters. The van der Waals surface area contributed by atoms with Crippen LogP contribution >= 0.6 is 15.9 Å². The minimum atomic E-state index is -0.723. The molecule has 0 saturated carbocycles. The Labute approximate surface area is 71.0 Å². The molecule has 11 heavy (non-hydrogen) atoms. The van der Waals surface area contributed by atoms with E-state index in [0.29, 0.717) is 4.47 Å². The van der Waals surface area contributed by atoms with Crippen LogP contribution in [0.1, 0.15) is 5.56 Å². The molecule has 0 atom stereocenters. The van der Waals surface area contributed by atoms with Crippen LogP contribution in [0.15, 0.2) is 16.6 Å². The predicted molar refractivity (Wildman–Crippen MR) is 40.5 cm³/mol. The number of rotatable bonds is 0. The van der Waals surface area contributed by atoms with Crippen LogP contribution in [0.3, 0.4) is 0 Å². The lowest BCUT2D eigenvalue weighted by atomic mass is 10.2. The van der Waals surface area contributed by atoms with E-state index in [9.17, 15) is 4.39 Å². The molecule has 1 aromatic rings. The Morgan fingerprint density at radius 1 is 1.55 bits per heavy atom. The standard InChI is InChI=1S/C7H3BrFNO/c8-4-1-6(9)5(3-10)7(11)2-4/h1-2,11H. The lowest BCUT2D eigenvalue weighted by Gasteiger charge is -1.97. The molecule has 0 amide bonds. The average Bonchev–Trinajstić information content (AvgIpc) is 1.85. The van der Waals surface area contributed by atoms with E-state index in [1.54, 1.807) is 6.07 Å². The van der Waals surface area contributed by atoms with Gasteiger partial charge in [0.1, 0.15) is 23.2 Å². The maximum Gasteiger partial charge on any atom is 0.145 e. The first kappa shape index (κ1) is 8.02. The molecule has 0 bridgehead atoms. The second-order valence-electron chi connectivity index (χ2n) is 1.89. The fourth-order valence-corrected chi connectivity index (χ4v) is 1.09. The normalized spacial score (nSPS) is 9.18. The Morgan fingerprint density at radius 3 is 2.64 bits per heavy atom. The van der Waals surface area contributed by atoms with Crippen molar-refractivity contribution in [1.82, 2.24) is 0 Å². The first-order chi connectivity index (χ1) is 5.15. The SMILES string of the molecule is N#Cc1c(O)cc(Br)cc1F. The van der Waals surface area contributed by atoms with Crippen LogP contribution in [0, 0.1) is 17.1 Å². The van der Waals surface area contributed by atoms with Gasteiger partial charge in [-0.25, -0.2) is 4.39 Å². The van der Waals surface area contributed by atoms with Crippen molar-refractivity contribution in [3.05, 3.63) is 28.0 Å². The van der Waals surface area contributed by atoms with Crippen LogP contribution in [-0.2, 0) is 0 Å². The molecule has 56 valence electrons. The summed E-state index contributed by atoms with van der Waals surface area (Å²) in [5, 5.41) is 17.3. The van der Waals surface area contributed by atoms with Crippen molar-refractivity contribution in [2.45, 2.75) is 0 Å². The summed E-state index contributed by atoms with van der Waals surface area (Å²) in [4.78, 5) is 0. The molecular weight excluding hydrogens is 213 g/mol. The first-order valence-electron chi connectivity index (χ1n) is 2.73. The maximum absolute atomic E-state index is 12.7. The minimum Gasteiger partial charge on any atom is -0.506 e. The van der Waals surface area contributed by atoms with E-state index in [0.717, 1.165) is 6.07 Å². The molecule has 0 aliphatic carbocycles. The number of aromatic hydroxyl groups is 1. The maximum atomic E-state index is 12.7. The van der Waals surface area contributed by atoms with Gasteiger partial charge in [0.05, 0.1) is 0 Å². The zero-order valence-electron chi connectivity index (χ0n) is 5.31. The van der Waals surface area contributed by atoms with Gasteiger partial charge in [0.25, 0.3) is 0 Å². The molecule has 2 nitrogen and oxygen atoms in total. The zero-order chi connectivity index (χ0) is 8.43. The molecule has 1 N–H and O–H groups in total. The molecule has 0 spiro atoms. The van der Waals surface area contributed by atoms with Gasteiger partial charge >= 0.3 is 0 Å². The second kappa shape index (κ2) is 2.89. The van der Waals surface area contributed by atoms with Crippen LogP contribution in [0.25, 0.3) is 0 Å². The molecule has 4 heteroatoms. The van der Waals surface area contributed by atoms with Gasteiger partial charge in [-0.3, -0.25) is 0 Å². The summed E-state index contributed by atoms with van der Waals surface area (Å²) in [6.07, 6.45) is 0. The van der Waals surface area contributed by atoms with Gasteiger partial charge in [-0.2, -0.15) is 5.26 Å². The van der Waals surface area contributed by atoms with Crippen LogP contribution in [0.5, 0.6) is 5.75 Å². The van der Waals surface area contributed by atoms with Crippen molar-refractivity contribution in [2.24, 2.45) is 0 Å². The van der Waals surface area contributed by atoms with Crippen molar-refractivity contribution in [2.75, 3.05) is 0 Å². The summed E-state index contributed by atoms with van der Waals surface area (Å²) < 4.78 is 13.1. The van der Waals surface area contributed by atoms with Crippen molar-refractivity contribution in [3.8, 4) is 11.8 Å². The minimum absolute atomic E-state index is 0.326. The number of benzene rings is 1. The van der Waals surface area contributed by atoms with Crippen LogP contribution in [0.4, 0.5) is 4.39 Å². The lowest BCUT2D eigenvalue weighted by Crippen LogP contribution is -1.83. The van der Waals surface area contributed by atoms with Gasteiger partial charge in [-0.1, -0.05) is 15.9 Å². The third kappa shape index (κ3) is 1.49. The van der Waals surface area contributed by atoms with Crippen molar-refractivity contribution in [1.29, 1.82) is 5.26 Å². The molecule has 0 aliphatic heterocycles. The lowest BCUT2D eigenvalue weighted by molar-refractivity contribution is 0.466. The Bertz CT molecular complexity index is 309. The zero-order valence-corrected chi connectivity index (χ0v) is 6.89. The van der Waals surface area contributed by atoms with Crippen LogP contribution < -0.4 is 0 Å². The molecule has 0 fully saturated rings. The fourth-order valence-electron chi connectivity index (χ4n) is 0.671. The van der Waals surface area contributed by atoms with E-state index < -0.39 is 5.82 Å². The van der Waals surface area contributed by atoms with Gasteiger partial charge in [-0.15, -0.1) is 0 Å². The smallest absolute Gasteiger partial charge is 0.145 e. The first-order valence-corrected chi connectivity index (χ1v) is 3.52. The van der Waals surface area contributed by atoms with Gasteiger partial charge in [0.15, 0.2) is 0 Å². The van der Waals surface area contributed by atoms with Crippen molar-refractivity contribution >= 4 is 15.9 Å². The summed E-state index contributed by atoms with van der Waals surface area (Å²) in [7, 11) is 0. The highest BCUT2D eigenvalue weighted by molar-refractivity contribution is 9.10. The second-order valence-corrected chi connectivity index (χ2v) is 2.81. The van der Waals surface area contributed by atoms with Crippen molar-refractivity contribution in [3.63, 3.8) is 0 Å². The molecule has 0 aliphatic rings. The molecule has 1 aromatic carbocycles. The van der Waals surface area contributed by atoms with E-state index >= 15 is 0 Å². The summed E-state index contributed by atoms with van der Waals surface area (Å²) in [5.41, 5.74) is -0.326. The van der Waals surface area contributed by atoms with Gasteiger partial charge in [-0.05, 0) is 12.1 Å². The number of hydrogen-bond acceptors (Lipinski definition) is 2. The number of nitrogens with zero attached hydrogens (tertiary/aromatic N) is 1. The number of hydrogen-bond donors (Lipinski definition) is 1. The van der Waals surface area contributed by atoms with Crippen LogP contribution in [-0.4, -0.2) is 5.11 Å². The quantitative estimate of drug-likeness (QED) is 0.722. The Hall–Kier alpha value is -1.08. The van der Waals surface area contributed by atoms with Gasteiger partial charge < -0.3 is 5.11 Å². The Kier molecular flexibility index (Phi) is 2.11. The Balaban J connectivity index is 3.40. The monoisotopic (exact) mass is 215 g/mol. The molecule has 0 radical (unpaired) electrons. The van der Waals surface area contributed by atoms with E-state index in [4.69, 9.17) is 10.4 Å². The number of halogens is 2. The highest BCUT2D eigenvalue weighted by Gasteiger charge is 2.07. The van der Waals surface area contributed by atoms with E-state index in [-0.39, 0.29) is 11.3 Å². The van der Waals surface area contributed by atoms with Gasteiger partial charge in [0.2, 0.25) is 0 Å². The van der Waals surface area contributed by atoms with Crippen LogP contribution in [0.2, 0.25) is 0 Å². The topological polar surface area (TPSA) is 44.0 Å². The van der Waals surface area contributed by atoms with Crippen molar-refractivity contribution < 1.29 is 9.50 Å². The highest BCUT2D eigenvalue weighted by Crippen LogP contribution is 2.24. The largest absolute Gasteiger partial charge is 0.506 e.